The molecular formula is C26H38N4O2. The van der Waals surface area contributed by atoms with Crippen molar-refractivity contribution in [3.63, 3.8) is 0 Å². The van der Waals surface area contributed by atoms with Crippen LogP contribution in [0.15, 0.2) is 36.5 Å². The molecule has 0 N–H and O–H groups in total. The predicted molar refractivity (Wildman–Crippen MR) is 127 cm³/mol. The minimum absolute atomic E-state index is 0.0733. The molecule has 4 rings (SSSR count). The summed E-state index contributed by atoms with van der Waals surface area (Å²) in [7, 11) is 1.71. The number of ether oxygens (including phenoxy) is 1. The zero-order chi connectivity index (χ0) is 22.6. The lowest BCUT2D eigenvalue weighted by Crippen LogP contribution is -2.64. The summed E-state index contributed by atoms with van der Waals surface area (Å²) in [5.41, 5.74) is 3.57. The molecular weight excluding hydrogens is 400 g/mol. The highest BCUT2D eigenvalue weighted by Gasteiger charge is 2.45. The highest BCUT2D eigenvalue weighted by atomic mass is 16.5. The quantitative estimate of drug-likeness (QED) is 0.624. The van der Waals surface area contributed by atoms with Gasteiger partial charge in [-0.1, -0.05) is 51.3 Å². The van der Waals surface area contributed by atoms with Gasteiger partial charge in [-0.25, -0.2) is 4.68 Å². The van der Waals surface area contributed by atoms with E-state index in [2.05, 4.69) is 37.1 Å². The molecule has 0 atom stereocenters. The zero-order valence-electron chi connectivity index (χ0n) is 19.9. The minimum atomic E-state index is 0.0733. The van der Waals surface area contributed by atoms with Crippen molar-refractivity contribution < 1.29 is 9.53 Å². The first-order chi connectivity index (χ1) is 15.5. The third kappa shape index (κ3) is 5.07. The molecule has 0 bridgehead atoms. The Morgan fingerprint density at radius 2 is 1.88 bits per heavy atom. The van der Waals surface area contributed by atoms with Gasteiger partial charge in [0.1, 0.15) is 0 Å². The third-order valence-corrected chi connectivity index (χ3v) is 7.05. The van der Waals surface area contributed by atoms with Gasteiger partial charge in [0.2, 0.25) is 5.91 Å². The normalized spacial score (nSPS) is 19.2. The van der Waals surface area contributed by atoms with E-state index in [1.165, 1.54) is 24.8 Å². The van der Waals surface area contributed by atoms with Crippen LogP contribution >= 0.6 is 0 Å². The summed E-state index contributed by atoms with van der Waals surface area (Å²) in [6, 6.07) is 10.3. The van der Waals surface area contributed by atoms with Crippen LogP contribution in [0, 0.1) is 5.92 Å². The molecule has 1 spiro atoms. The zero-order valence-corrected chi connectivity index (χ0v) is 19.9. The molecule has 174 valence electrons. The van der Waals surface area contributed by atoms with E-state index in [4.69, 9.17) is 9.84 Å². The van der Waals surface area contributed by atoms with Gasteiger partial charge >= 0.3 is 0 Å². The van der Waals surface area contributed by atoms with Crippen molar-refractivity contribution in [2.45, 2.75) is 64.5 Å². The van der Waals surface area contributed by atoms with Crippen molar-refractivity contribution in [1.82, 2.24) is 19.6 Å². The Kier molecular flexibility index (Phi) is 7.31. The Balaban J connectivity index is 1.62. The molecule has 1 aliphatic carbocycles. The standard InChI is InChI=1S/C26H38N4O2/c1-21(2)16-24-22(18-30(27-24)23-10-6-4-7-11-23)17-29-19-25(31)28(14-15-32-3)20-26(29)12-8-5-9-13-26/h4,6-7,10-11,18,21H,5,8-9,12-17,19-20H2,1-3H3. The smallest absolute Gasteiger partial charge is 0.236 e. The largest absolute Gasteiger partial charge is 0.383 e. The summed E-state index contributed by atoms with van der Waals surface area (Å²) >= 11 is 0. The Morgan fingerprint density at radius 3 is 2.56 bits per heavy atom. The van der Waals surface area contributed by atoms with Gasteiger partial charge in [0.15, 0.2) is 0 Å². The maximum absolute atomic E-state index is 13.0. The lowest BCUT2D eigenvalue weighted by atomic mass is 9.78. The summed E-state index contributed by atoms with van der Waals surface area (Å²) in [5.74, 6) is 0.753. The van der Waals surface area contributed by atoms with Crippen LogP contribution in [-0.4, -0.2) is 64.4 Å². The number of rotatable bonds is 8. The van der Waals surface area contributed by atoms with Gasteiger partial charge in [-0.3, -0.25) is 9.69 Å². The molecule has 2 aliphatic rings. The minimum Gasteiger partial charge on any atom is -0.383 e. The van der Waals surface area contributed by atoms with Gasteiger partial charge < -0.3 is 9.64 Å². The number of methoxy groups -OCH3 is 1. The van der Waals surface area contributed by atoms with Crippen molar-refractivity contribution in [1.29, 1.82) is 0 Å². The van der Waals surface area contributed by atoms with Crippen LogP contribution in [0.1, 0.15) is 57.2 Å². The lowest BCUT2D eigenvalue weighted by molar-refractivity contribution is -0.147. The van der Waals surface area contributed by atoms with Gasteiger partial charge in [-0.2, -0.15) is 5.10 Å². The van der Waals surface area contributed by atoms with E-state index < -0.39 is 0 Å². The number of carbonyl (C=O) groups is 1. The number of piperazine rings is 1. The fourth-order valence-electron chi connectivity index (χ4n) is 5.34. The average Bonchev–Trinajstić information content (AvgIpc) is 3.18. The first kappa shape index (κ1) is 23.0. The Bertz CT molecular complexity index is 886. The molecule has 2 fully saturated rings. The molecule has 2 heterocycles. The Hall–Kier alpha value is -2.18. The topological polar surface area (TPSA) is 50.6 Å². The van der Waals surface area contributed by atoms with Crippen LogP contribution in [0.25, 0.3) is 5.69 Å². The summed E-state index contributed by atoms with van der Waals surface area (Å²) < 4.78 is 7.28. The van der Waals surface area contributed by atoms with E-state index in [9.17, 15) is 4.79 Å². The summed E-state index contributed by atoms with van der Waals surface area (Å²) in [5, 5.41) is 4.97. The second-order valence-electron chi connectivity index (χ2n) is 9.93. The van der Waals surface area contributed by atoms with Crippen LogP contribution in [0.2, 0.25) is 0 Å². The van der Waals surface area contributed by atoms with Crippen LogP contribution in [0.3, 0.4) is 0 Å². The number of hydrogen-bond donors (Lipinski definition) is 0. The number of carbonyl (C=O) groups excluding carboxylic acids is 1. The SMILES string of the molecule is COCCN1CC2(CCCCC2)N(Cc2cn(-c3ccccc3)nc2CC(C)C)CC1=O. The highest BCUT2D eigenvalue weighted by molar-refractivity contribution is 5.79. The van der Waals surface area contributed by atoms with Crippen LogP contribution in [0.4, 0.5) is 0 Å². The molecule has 1 aromatic heterocycles. The van der Waals surface area contributed by atoms with Crippen molar-refractivity contribution in [2.75, 3.05) is 33.4 Å². The van der Waals surface area contributed by atoms with Crippen molar-refractivity contribution >= 4 is 5.91 Å². The second-order valence-corrected chi connectivity index (χ2v) is 9.93. The van der Waals surface area contributed by atoms with E-state index in [0.29, 0.717) is 25.6 Å². The summed E-state index contributed by atoms with van der Waals surface area (Å²) in [4.78, 5) is 17.5. The van der Waals surface area contributed by atoms with Crippen LogP contribution in [-0.2, 0) is 22.5 Å². The fraction of sp³-hybridized carbons (Fsp3) is 0.615. The van der Waals surface area contributed by atoms with Gasteiger partial charge in [0, 0.05) is 44.0 Å². The molecule has 1 aromatic carbocycles. The highest BCUT2D eigenvalue weighted by Crippen LogP contribution is 2.38. The van der Waals surface area contributed by atoms with E-state index in [1.54, 1.807) is 7.11 Å². The van der Waals surface area contributed by atoms with Crippen molar-refractivity contribution in [2.24, 2.45) is 5.92 Å². The number of para-hydroxylation sites is 1. The summed E-state index contributed by atoms with van der Waals surface area (Å²) in [6.07, 6.45) is 9.24. The van der Waals surface area contributed by atoms with Crippen molar-refractivity contribution in [3.05, 3.63) is 47.8 Å². The Morgan fingerprint density at radius 1 is 1.12 bits per heavy atom. The van der Waals surface area contributed by atoms with Crippen LogP contribution in [0.5, 0.6) is 0 Å². The molecule has 2 aromatic rings. The fourth-order valence-corrected chi connectivity index (χ4v) is 5.34. The number of benzene rings is 1. The second kappa shape index (κ2) is 10.2. The molecule has 6 nitrogen and oxygen atoms in total. The molecule has 1 aliphatic heterocycles. The van der Waals surface area contributed by atoms with Gasteiger partial charge in [0.05, 0.1) is 24.5 Å². The number of nitrogens with zero attached hydrogens (tertiary/aromatic N) is 4. The van der Waals surface area contributed by atoms with E-state index in [-0.39, 0.29) is 11.4 Å². The first-order valence-electron chi connectivity index (χ1n) is 12.2. The van der Waals surface area contributed by atoms with Gasteiger partial charge in [-0.15, -0.1) is 0 Å². The van der Waals surface area contributed by atoms with Gasteiger partial charge in [0.25, 0.3) is 0 Å². The lowest BCUT2D eigenvalue weighted by Gasteiger charge is -2.52. The molecule has 0 unspecified atom stereocenters. The maximum Gasteiger partial charge on any atom is 0.236 e. The average molecular weight is 439 g/mol. The molecule has 6 heteroatoms. The number of aromatic nitrogens is 2. The molecule has 0 radical (unpaired) electrons. The maximum atomic E-state index is 13.0. The van der Waals surface area contributed by atoms with Crippen LogP contribution < -0.4 is 0 Å². The predicted octanol–water partition coefficient (Wildman–Crippen LogP) is 4.06. The van der Waals surface area contributed by atoms with E-state index in [0.717, 1.165) is 43.7 Å². The van der Waals surface area contributed by atoms with E-state index >= 15 is 0 Å². The monoisotopic (exact) mass is 438 g/mol. The number of hydrogen-bond acceptors (Lipinski definition) is 4. The molecule has 32 heavy (non-hydrogen) atoms. The van der Waals surface area contributed by atoms with Gasteiger partial charge in [-0.05, 0) is 37.3 Å². The first-order valence-corrected chi connectivity index (χ1v) is 12.2. The third-order valence-electron chi connectivity index (χ3n) is 7.05. The van der Waals surface area contributed by atoms with Crippen molar-refractivity contribution in [3.8, 4) is 5.69 Å². The summed E-state index contributed by atoms with van der Waals surface area (Å²) in [6.45, 7) is 7.87. The molecule has 1 saturated carbocycles. The molecule has 1 saturated heterocycles. The van der Waals surface area contributed by atoms with E-state index in [1.807, 2.05) is 27.8 Å². The molecule has 1 amide bonds. The Labute approximate surface area is 192 Å². The number of amides is 1.